The number of hydrogen-bond acceptors (Lipinski definition) is 4. The highest BCUT2D eigenvalue weighted by molar-refractivity contribution is 7.06. The highest BCUT2D eigenvalue weighted by Crippen LogP contribution is 2.34. The van der Waals surface area contributed by atoms with E-state index >= 15 is 0 Å². The van der Waals surface area contributed by atoms with E-state index in [9.17, 15) is 8.78 Å². The summed E-state index contributed by atoms with van der Waals surface area (Å²) in [5.41, 5.74) is 0. The van der Waals surface area contributed by atoms with Gasteiger partial charge in [0.2, 0.25) is 5.88 Å². The molecule has 0 fully saturated rings. The molecule has 13 heavy (non-hydrogen) atoms. The molecule has 0 aliphatic carbocycles. The number of hydrogen-bond donors (Lipinski definition) is 1. The van der Waals surface area contributed by atoms with E-state index in [0.29, 0.717) is 6.92 Å². The minimum Gasteiger partial charge on any atom is -0.480 e. The van der Waals surface area contributed by atoms with Crippen molar-refractivity contribution in [3.05, 3.63) is 10.9 Å². The number of nitrogens with zero attached hydrogens (tertiary/aromatic N) is 1. The van der Waals surface area contributed by atoms with Crippen LogP contribution < -0.4 is 4.74 Å². The molecule has 74 valence electrons. The molecule has 0 bridgehead atoms. The van der Waals surface area contributed by atoms with Crippen molar-refractivity contribution in [1.82, 2.24) is 4.37 Å². The lowest BCUT2D eigenvalue weighted by molar-refractivity contribution is -0.0938. The van der Waals surface area contributed by atoms with E-state index < -0.39 is 12.0 Å². The standard InChI is InChI=1S/C7H9F2NO2S/c1-7(8,9)6(11)4-3-5(12-2)10-13-4/h3,6,11H,1-2H3. The Bertz CT molecular complexity index is 284. The number of rotatable bonds is 3. The first-order valence-corrected chi connectivity index (χ1v) is 4.29. The van der Waals surface area contributed by atoms with Crippen LogP contribution in [0, 0.1) is 0 Å². The second kappa shape index (κ2) is 3.55. The van der Waals surface area contributed by atoms with Crippen molar-refractivity contribution in [3.63, 3.8) is 0 Å². The van der Waals surface area contributed by atoms with Gasteiger partial charge < -0.3 is 9.84 Å². The van der Waals surface area contributed by atoms with Crippen LogP contribution in [0.5, 0.6) is 5.88 Å². The predicted octanol–water partition coefficient (Wildman–Crippen LogP) is 1.84. The summed E-state index contributed by atoms with van der Waals surface area (Å²) in [6.07, 6.45) is -1.81. The summed E-state index contributed by atoms with van der Waals surface area (Å²) in [7, 11) is 1.38. The Morgan fingerprint density at radius 1 is 1.69 bits per heavy atom. The summed E-state index contributed by atoms with van der Waals surface area (Å²) in [6, 6.07) is 1.30. The van der Waals surface area contributed by atoms with Crippen molar-refractivity contribution >= 4 is 11.5 Å². The minimum atomic E-state index is -3.16. The van der Waals surface area contributed by atoms with Gasteiger partial charge in [-0.25, -0.2) is 8.78 Å². The summed E-state index contributed by atoms with van der Waals surface area (Å²) < 4.78 is 33.6. The first-order chi connectivity index (χ1) is 5.95. The Kier molecular flexibility index (Phi) is 2.82. The highest BCUT2D eigenvalue weighted by atomic mass is 32.1. The molecule has 1 N–H and O–H groups in total. The van der Waals surface area contributed by atoms with Gasteiger partial charge in [-0.05, 0) is 11.5 Å². The van der Waals surface area contributed by atoms with Crippen molar-refractivity contribution < 1.29 is 18.6 Å². The van der Waals surface area contributed by atoms with Gasteiger partial charge in [0.05, 0.1) is 12.0 Å². The summed E-state index contributed by atoms with van der Waals surface area (Å²) in [5.74, 6) is -2.92. The molecule has 0 saturated heterocycles. The van der Waals surface area contributed by atoms with Gasteiger partial charge >= 0.3 is 0 Å². The van der Waals surface area contributed by atoms with Crippen LogP contribution in [0.4, 0.5) is 8.78 Å². The molecule has 1 unspecified atom stereocenters. The van der Waals surface area contributed by atoms with Crippen LogP contribution in [0.1, 0.15) is 17.9 Å². The lowest BCUT2D eigenvalue weighted by Crippen LogP contribution is -2.20. The van der Waals surface area contributed by atoms with Crippen molar-refractivity contribution in [2.75, 3.05) is 7.11 Å². The molecule has 1 aromatic heterocycles. The van der Waals surface area contributed by atoms with Crippen LogP contribution in [0.15, 0.2) is 6.07 Å². The molecule has 0 amide bonds. The van der Waals surface area contributed by atoms with Gasteiger partial charge in [-0.3, -0.25) is 0 Å². The summed E-state index contributed by atoms with van der Waals surface area (Å²) in [4.78, 5) is 0.101. The van der Waals surface area contributed by atoms with Crippen LogP contribution in [0.2, 0.25) is 0 Å². The fourth-order valence-electron chi connectivity index (χ4n) is 0.747. The Morgan fingerprint density at radius 3 is 2.69 bits per heavy atom. The molecular weight excluding hydrogens is 200 g/mol. The molecule has 1 aromatic rings. The second-order valence-electron chi connectivity index (χ2n) is 2.63. The van der Waals surface area contributed by atoms with Crippen LogP contribution in [0.25, 0.3) is 0 Å². The first-order valence-electron chi connectivity index (χ1n) is 3.51. The van der Waals surface area contributed by atoms with E-state index in [1.807, 2.05) is 0 Å². The van der Waals surface area contributed by atoms with E-state index in [1.54, 1.807) is 0 Å². The summed E-state index contributed by atoms with van der Waals surface area (Å²) in [6.45, 7) is 0.657. The van der Waals surface area contributed by atoms with Gasteiger partial charge in [0.25, 0.3) is 5.92 Å². The number of halogens is 2. The maximum atomic E-state index is 12.6. The molecule has 0 aromatic carbocycles. The van der Waals surface area contributed by atoms with E-state index in [4.69, 9.17) is 9.84 Å². The van der Waals surface area contributed by atoms with Crippen molar-refractivity contribution in [2.24, 2.45) is 0 Å². The summed E-state index contributed by atoms with van der Waals surface area (Å²) >= 11 is 0.804. The zero-order chi connectivity index (χ0) is 10.1. The maximum Gasteiger partial charge on any atom is 0.275 e. The number of aliphatic hydroxyl groups excluding tert-OH is 1. The molecule has 3 nitrogen and oxygen atoms in total. The zero-order valence-corrected chi connectivity index (χ0v) is 7.94. The molecule has 0 aliphatic rings. The van der Waals surface area contributed by atoms with E-state index in [2.05, 4.69) is 4.37 Å². The third kappa shape index (κ3) is 2.35. The Labute approximate surface area is 78.1 Å². The average Bonchev–Trinajstić information content (AvgIpc) is 2.48. The lowest BCUT2D eigenvalue weighted by Gasteiger charge is -2.15. The molecule has 0 aliphatic heterocycles. The molecule has 1 rings (SSSR count). The van der Waals surface area contributed by atoms with Gasteiger partial charge in [-0.15, -0.1) is 0 Å². The molecule has 1 atom stereocenters. The highest BCUT2D eigenvalue weighted by Gasteiger charge is 2.35. The molecular formula is C7H9F2NO2S. The SMILES string of the molecule is COc1cc(C(O)C(C)(F)F)sn1. The van der Waals surface area contributed by atoms with E-state index in [-0.39, 0.29) is 10.8 Å². The average molecular weight is 209 g/mol. The monoisotopic (exact) mass is 209 g/mol. The van der Waals surface area contributed by atoms with Gasteiger partial charge in [0.1, 0.15) is 0 Å². The fraction of sp³-hybridized carbons (Fsp3) is 0.571. The Balaban J connectivity index is 2.83. The van der Waals surface area contributed by atoms with E-state index in [0.717, 1.165) is 11.5 Å². The number of ether oxygens (including phenoxy) is 1. The van der Waals surface area contributed by atoms with Crippen molar-refractivity contribution in [3.8, 4) is 5.88 Å². The quantitative estimate of drug-likeness (QED) is 0.825. The van der Waals surface area contributed by atoms with Gasteiger partial charge in [-0.1, -0.05) is 0 Å². The topological polar surface area (TPSA) is 42.4 Å². The first kappa shape index (κ1) is 10.3. The molecule has 6 heteroatoms. The van der Waals surface area contributed by atoms with Gasteiger partial charge in [0.15, 0.2) is 6.10 Å². The van der Waals surface area contributed by atoms with Crippen LogP contribution >= 0.6 is 11.5 Å². The number of aliphatic hydroxyl groups is 1. The lowest BCUT2D eigenvalue weighted by atomic mass is 10.2. The largest absolute Gasteiger partial charge is 0.480 e. The smallest absolute Gasteiger partial charge is 0.275 e. The summed E-state index contributed by atoms with van der Waals surface area (Å²) in [5, 5.41) is 9.13. The third-order valence-corrected chi connectivity index (χ3v) is 2.29. The number of methoxy groups -OCH3 is 1. The predicted molar refractivity (Wildman–Crippen MR) is 44.2 cm³/mol. The zero-order valence-electron chi connectivity index (χ0n) is 7.12. The molecule has 0 radical (unpaired) electrons. The number of alkyl halides is 2. The van der Waals surface area contributed by atoms with Crippen molar-refractivity contribution in [1.29, 1.82) is 0 Å². The fourth-order valence-corrected chi connectivity index (χ4v) is 1.53. The normalized spacial score (nSPS) is 14.2. The van der Waals surface area contributed by atoms with Crippen LogP contribution in [-0.2, 0) is 0 Å². The van der Waals surface area contributed by atoms with Crippen LogP contribution in [-0.4, -0.2) is 22.5 Å². The molecule has 0 saturated carbocycles. The maximum absolute atomic E-state index is 12.6. The Morgan fingerprint density at radius 2 is 2.31 bits per heavy atom. The van der Waals surface area contributed by atoms with E-state index in [1.165, 1.54) is 13.2 Å². The molecule has 0 spiro atoms. The third-order valence-electron chi connectivity index (χ3n) is 1.47. The van der Waals surface area contributed by atoms with Crippen LogP contribution in [0.3, 0.4) is 0 Å². The number of aromatic nitrogens is 1. The second-order valence-corrected chi connectivity index (χ2v) is 3.47. The van der Waals surface area contributed by atoms with Crippen molar-refractivity contribution in [2.45, 2.75) is 19.0 Å². The van der Waals surface area contributed by atoms with Gasteiger partial charge in [-0.2, -0.15) is 4.37 Å². The molecule has 1 heterocycles. The Hall–Kier alpha value is -0.750. The van der Waals surface area contributed by atoms with Gasteiger partial charge in [0, 0.05) is 13.0 Å². The minimum absolute atomic E-state index is 0.101.